The zero-order valence-electron chi connectivity index (χ0n) is 16.4. The van der Waals surface area contributed by atoms with Crippen molar-refractivity contribution < 1.29 is 18.6 Å². The van der Waals surface area contributed by atoms with Gasteiger partial charge in [-0.1, -0.05) is 48.0 Å². The minimum Gasteiger partial charge on any atom is -0.496 e. The van der Waals surface area contributed by atoms with Crippen LogP contribution in [-0.4, -0.2) is 14.2 Å². The Morgan fingerprint density at radius 3 is 2.28 bits per heavy atom. The third kappa shape index (κ3) is 5.40. The summed E-state index contributed by atoms with van der Waals surface area (Å²) >= 11 is 6.11. The number of rotatable bonds is 9. The van der Waals surface area contributed by atoms with Crippen LogP contribution in [0.15, 0.2) is 60.7 Å². The highest BCUT2D eigenvalue weighted by atomic mass is 35.5. The van der Waals surface area contributed by atoms with Crippen molar-refractivity contribution in [3.05, 3.63) is 88.2 Å². The highest BCUT2D eigenvalue weighted by Crippen LogP contribution is 2.32. The quantitative estimate of drug-likeness (QED) is 0.510. The van der Waals surface area contributed by atoms with Crippen LogP contribution in [0.25, 0.3) is 0 Å². The molecule has 1 N–H and O–H groups in total. The van der Waals surface area contributed by atoms with Gasteiger partial charge in [0.2, 0.25) is 0 Å². The van der Waals surface area contributed by atoms with Gasteiger partial charge >= 0.3 is 0 Å². The van der Waals surface area contributed by atoms with Crippen LogP contribution in [-0.2, 0) is 19.7 Å². The van der Waals surface area contributed by atoms with Crippen molar-refractivity contribution in [2.45, 2.75) is 19.7 Å². The molecular weight excluding hydrogens is 393 g/mol. The molecule has 0 heterocycles. The van der Waals surface area contributed by atoms with Gasteiger partial charge in [-0.05, 0) is 24.3 Å². The van der Waals surface area contributed by atoms with Crippen molar-refractivity contribution >= 4 is 11.6 Å². The van der Waals surface area contributed by atoms with E-state index < -0.39 is 0 Å². The van der Waals surface area contributed by atoms with Gasteiger partial charge in [-0.3, -0.25) is 0 Å². The lowest BCUT2D eigenvalue weighted by molar-refractivity contribution is 0.280. The second-order valence-electron chi connectivity index (χ2n) is 6.39. The van der Waals surface area contributed by atoms with Gasteiger partial charge in [0.15, 0.2) is 11.5 Å². The molecule has 0 aliphatic carbocycles. The molecule has 0 fully saturated rings. The first kappa shape index (κ1) is 21.0. The van der Waals surface area contributed by atoms with E-state index in [0.29, 0.717) is 35.2 Å². The van der Waals surface area contributed by atoms with Gasteiger partial charge in [-0.25, -0.2) is 4.39 Å². The average Bonchev–Trinajstić information content (AvgIpc) is 2.74. The fourth-order valence-corrected chi connectivity index (χ4v) is 3.22. The fourth-order valence-electron chi connectivity index (χ4n) is 2.99. The summed E-state index contributed by atoms with van der Waals surface area (Å²) in [6.45, 7) is 1.42. The predicted molar refractivity (Wildman–Crippen MR) is 112 cm³/mol. The zero-order chi connectivity index (χ0) is 20.6. The van der Waals surface area contributed by atoms with E-state index in [-0.39, 0.29) is 12.4 Å². The molecule has 4 nitrogen and oxygen atoms in total. The Labute approximate surface area is 175 Å². The summed E-state index contributed by atoms with van der Waals surface area (Å²) < 4.78 is 30.1. The molecule has 0 radical (unpaired) electrons. The van der Waals surface area contributed by atoms with E-state index in [4.69, 9.17) is 25.8 Å². The number of para-hydroxylation sites is 2. The van der Waals surface area contributed by atoms with Crippen molar-refractivity contribution in [1.82, 2.24) is 5.32 Å². The van der Waals surface area contributed by atoms with Gasteiger partial charge in [0, 0.05) is 29.8 Å². The van der Waals surface area contributed by atoms with Crippen LogP contribution in [0.5, 0.6) is 17.2 Å². The van der Waals surface area contributed by atoms with Gasteiger partial charge < -0.3 is 19.5 Å². The number of methoxy groups -OCH3 is 2. The summed E-state index contributed by atoms with van der Waals surface area (Å²) in [5.41, 5.74) is 2.71. The fraction of sp³-hybridized carbons (Fsp3) is 0.217. The third-order valence-electron chi connectivity index (χ3n) is 4.49. The first-order valence-electron chi connectivity index (χ1n) is 9.17. The van der Waals surface area contributed by atoms with E-state index in [0.717, 1.165) is 16.9 Å². The van der Waals surface area contributed by atoms with E-state index in [1.165, 1.54) is 12.1 Å². The number of halogens is 2. The van der Waals surface area contributed by atoms with E-state index in [1.54, 1.807) is 20.3 Å². The number of nitrogens with one attached hydrogen (secondary N) is 1. The number of hydrogen-bond acceptors (Lipinski definition) is 4. The molecule has 6 heteroatoms. The first-order valence-corrected chi connectivity index (χ1v) is 9.55. The standard InChI is InChI=1S/C23H23ClFNO3/c1-27-21-8-4-3-6-16(21)13-26-14-17-7-5-9-22(28-2)23(17)29-15-18-10-11-19(25)12-20(18)24/h3-12,26H,13-15H2,1-2H3. The molecule has 0 aliphatic heterocycles. The molecule has 152 valence electrons. The molecule has 3 aromatic carbocycles. The molecule has 0 spiro atoms. The number of benzene rings is 3. The van der Waals surface area contributed by atoms with Gasteiger partial charge in [0.1, 0.15) is 18.2 Å². The smallest absolute Gasteiger partial charge is 0.166 e. The molecule has 29 heavy (non-hydrogen) atoms. The van der Waals surface area contributed by atoms with Crippen molar-refractivity contribution in [2.24, 2.45) is 0 Å². The van der Waals surface area contributed by atoms with Crippen LogP contribution in [0, 0.1) is 5.82 Å². The maximum Gasteiger partial charge on any atom is 0.166 e. The molecule has 0 bridgehead atoms. The molecule has 0 saturated heterocycles. The third-order valence-corrected chi connectivity index (χ3v) is 4.84. The topological polar surface area (TPSA) is 39.7 Å². The van der Waals surface area contributed by atoms with Crippen LogP contribution in [0.2, 0.25) is 5.02 Å². The Morgan fingerprint density at radius 1 is 0.828 bits per heavy atom. The van der Waals surface area contributed by atoms with Crippen molar-refractivity contribution in [3.63, 3.8) is 0 Å². The summed E-state index contributed by atoms with van der Waals surface area (Å²) in [4.78, 5) is 0. The van der Waals surface area contributed by atoms with Gasteiger partial charge in [-0.2, -0.15) is 0 Å². The van der Waals surface area contributed by atoms with E-state index >= 15 is 0 Å². The summed E-state index contributed by atoms with van der Waals surface area (Å²) in [7, 11) is 3.26. The number of hydrogen-bond donors (Lipinski definition) is 1. The molecule has 0 saturated carbocycles. The van der Waals surface area contributed by atoms with Crippen LogP contribution < -0.4 is 19.5 Å². The van der Waals surface area contributed by atoms with E-state index in [1.807, 2.05) is 42.5 Å². The average molecular weight is 416 g/mol. The molecule has 0 aliphatic rings. The van der Waals surface area contributed by atoms with Gasteiger partial charge in [0.05, 0.1) is 19.2 Å². The van der Waals surface area contributed by atoms with Crippen LogP contribution in [0.3, 0.4) is 0 Å². The van der Waals surface area contributed by atoms with Crippen molar-refractivity contribution in [1.29, 1.82) is 0 Å². The largest absolute Gasteiger partial charge is 0.496 e. The Morgan fingerprint density at radius 2 is 1.52 bits per heavy atom. The summed E-state index contributed by atoms with van der Waals surface area (Å²) in [5.74, 6) is 1.72. The Kier molecular flexibility index (Phi) is 7.33. The molecule has 0 atom stereocenters. The lowest BCUT2D eigenvalue weighted by Crippen LogP contribution is -2.14. The molecule has 3 aromatic rings. The first-order chi connectivity index (χ1) is 14.1. The lowest BCUT2D eigenvalue weighted by Gasteiger charge is -2.16. The SMILES string of the molecule is COc1ccccc1CNCc1cccc(OC)c1OCc1ccc(F)cc1Cl. The lowest BCUT2D eigenvalue weighted by atomic mass is 10.1. The highest BCUT2D eigenvalue weighted by Gasteiger charge is 2.12. The van der Waals surface area contributed by atoms with Crippen LogP contribution in [0.4, 0.5) is 4.39 Å². The molecule has 0 amide bonds. The van der Waals surface area contributed by atoms with Gasteiger partial charge in [-0.15, -0.1) is 0 Å². The summed E-state index contributed by atoms with van der Waals surface area (Å²) in [6, 6.07) is 17.9. The second kappa shape index (κ2) is 10.1. The minimum absolute atomic E-state index is 0.207. The van der Waals surface area contributed by atoms with Crippen molar-refractivity contribution in [3.8, 4) is 17.2 Å². The number of ether oxygens (including phenoxy) is 3. The Balaban J connectivity index is 1.72. The molecular formula is C23H23ClFNO3. The zero-order valence-corrected chi connectivity index (χ0v) is 17.1. The molecule has 0 aromatic heterocycles. The molecule has 0 unspecified atom stereocenters. The normalized spacial score (nSPS) is 10.6. The minimum atomic E-state index is -0.378. The van der Waals surface area contributed by atoms with Crippen molar-refractivity contribution in [2.75, 3.05) is 14.2 Å². The monoisotopic (exact) mass is 415 g/mol. The maximum atomic E-state index is 13.3. The summed E-state index contributed by atoms with van der Waals surface area (Å²) in [5, 5.41) is 3.74. The predicted octanol–water partition coefficient (Wildman–Crippen LogP) is 5.37. The van der Waals surface area contributed by atoms with Crippen LogP contribution in [0.1, 0.15) is 16.7 Å². The second-order valence-corrected chi connectivity index (χ2v) is 6.80. The molecule has 3 rings (SSSR count). The highest BCUT2D eigenvalue weighted by molar-refractivity contribution is 6.31. The Hall–Kier alpha value is -2.76. The maximum absolute atomic E-state index is 13.3. The van der Waals surface area contributed by atoms with E-state index in [2.05, 4.69) is 5.32 Å². The van der Waals surface area contributed by atoms with Crippen LogP contribution >= 0.6 is 11.6 Å². The van der Waals surface area contributed by atoms with Gasteiger partial charge in [0.25, 0.3) is 0 Å². The summed E-state index contributed by atoms with van der Waals surface area (Å²) in [6.07, 6.45) is 0. The Bertz CT molecular complexity index is 965. The van der Waals surface area contributed by atoms with E-state index in [9.17, 15) is 4.39 Å².